The van der Waals surface area contributed by atoms with E-state index in [1.54, 1.807) is 0 Å². The molecule has 0 saturated carbocycles. The van der Waals surface area contributed by atoms with E-state index in [0.717, 1.165) is 18.6 Å². The van der Waals surface area contributed by atoms with Gasteiger partial charge in [-0.15, -0.1) is 0 Å². The normalized spacial score (nSPS) is 17.7. The first-order valence-electron chi connectivity index (χ1n) is 7.55. The first-order chi connectivity index (χ1) is 9.76. The average Bonchev–Trinajstić information content (AvgIpc) is 2.47. The number of benzene rings is 1. The van der Waals surface area contributed by atoms with Crippen molar-refractivity contribution in [2.45, 2.75) is 25.7 Å². The Bertz CT molecular complexity index is 586. The molecule has 1 aromatic carbocycles. The fourth-order valence-electron chi connectivity index (χ4n) is 3.19. The average molecular weight is 269 g/mol. The van der Waals surface area contributed by atoms with Crippen LogP contribution in [0.25, 0.3) is 10.9 Å². The van der Waals surface area contributed by atoms with Gasteiger partial charge in [0.1, 0.15) is 0 Å². The molecule has 2 heterocycles. The zero-order chi connectivity index (χ0) is 13.9. The topological polar surface area (TPSA) is 42.2 Å². The number of aromatic nitrogens is 1. The van der Waals surface area contributed by atoms with Gasteiger partial charge >= 0.3 is 0 Å². The van der Waals surface area contributed by atoms with E-state index in [4.69, 9.17) is 5.73 Å². The minimum absolute atomic E-state index is 0.689. The molecule has 2 N–H and O–H groups in total. The minimum atomic E-state index is 0.689. The molecule has 1 aromatic heterocycles. The van der Waals surface area contributed by atoms with Crippen molar-refractivity contribution in [2.75, 3.05) is 26.2 Å². The Morgan fingerprint density at radius 1 is 1.25 bits per heavy atom. The van der Waals surface area contributed by atoms with Gasteiger partial charge in [-0.3, -0.25) is 4.98 Å². The molecule has 1 aliphatic heterocycles. The molecule has 1 aliphatic rings. The Kier molecular flexibility index (Phi) is 3.99. The van der Waals surface area contributed by atoms with Crippen LogP contribution in [0.3, 0.4) is 0 Å². The van der Waals surface area contributed by atoms with Crippen molar-refractivity contribution >= 4 is 10.9 Å². The first kappa shape index (κ1) is 13.5. The van der Waals surface area contributed by atoms with Crippen LogP contribution < -0.4 is 5.73 Å². The molecule has 1 saturated heterocycles. The lowest BCUT2D eigenvalue weighted by atomic mass is 9.88. The second kappa shape index (κ2) is 5.90. The molecule has 0 bridgehead atoms. The van der Waals surface area contributed by atoms with E-state index in [9.17, 15) is 0 Å². The lowest BCUT2D eigenvalue weighted by Crippen LogP contribution is -2.36. The summed E-state index contributed by atoms with van der Waals surface area (Å²) in [5.74, 6) is 0.689. The molecule has 20 heavy (non-hydrogen) atoms. The number of rotatable bonds is 3. The summed E-state index contributed by atoms with van der Waals surface area (Å²) in [6.07, 6.45) is 4.42. The van der Waals surface area contributed by atoms with Crippen LogP contribution in [-0.2, 0) is 0 Å². The lowest BCUT2D eigenvalue weighted by molar-refractivity contribution is 0.218. The van der Waals surface area contributed by atoms with Gasteiger partial charge in [-0.05, 0) is 68.1 Å². The Balaban J connectivity index is 1.77. The summed E-state index contributed by atoms with van der Waals surface area (Å²) in [4.78, 5) is 6.96. The van der Waals surface area contributed by atoms with Gasteiger partial charge in [0.2, 0.25) is 0 Å². The van der Waals surface area contributed by atoms with E-state index in [1.807, 2.05) is 6.20 Å². The van der Waals surface area contributed by atoms with Crippen LogP contribution in [0.4, 0.5) is 0 Å². The number of fused-ring (bicyclic) bond motifs is 1. The van der Waals surface area contributed by atoms with Crippen molar-refractivity contribution in [3.8, 4) is 0 Å². The van der Waals surface area contributed by atoms with Gasteiger partial charge in [0.15, 0.2) is 0 Å². The van der Waals surface area contributed by atoms with Crippen molar-refractivity contribution in [2.24, 2.45) is 5.73 Å². The summed E-state index contributed by atoms with van der Waals surface area (Å²) in [5, 5.41) is 1.27. The second-order valence-corrected chi connectivity index (χ2v) is 5.87. The zero-order valence-corrected chi connectivity index (χ0v) is 12.2. The van der Waals surface area contributed by atoms with Gasteiger partial charge in [-0.2, -0.15) is 0 Å². The first-order valence-corrected chi connectivity index (χ1v) is 7.55. The van der Waals surface area contributed by atoms with Crippen molar-refractivity contribution in [3.05, 3.63) is 41.6 Å². The largest absolute Gasteiger partial charge is 0.329 e. The Labute approximate surface area is 120 Å². The van der Waals surface area contributed by atoms with Crippen molar-refractivity contribution in [3.63, 3.8) is 0 Å². The van der Waals surface area contributed by atoms with Crippen molar-refractivity contribution < 1.29 is 0 Å². The van der Waals surface area contributed by atoms with Gasteiger partial charge in [0.05, 0.1) is 5.52 Å². The van der Waals surface area contributed by atoms with Crippen LogP contribution in [0.1, 0.15) is 29.9 Å². The summed E-state index contributed by atoms with van der Waals surface area (Å²) in [7, 11) is 0. The van der Waals surface area contributed by atoms with E-state index in [0.29, 0.717) is 5.92 Å². The third kappa shape index (κ3) is 2.84. The van der Waals surface area contributed by atoms with E-state index in [2.05, 4.69) is 41.1 Å². The summed E-state index contributed by atoms with van der Waals surface area (Å²) in [5.41, 5.74) is 9.43. The Hall–Kier alpha value is -1.45. The number of nitrogens with two attached hydrogens (primary N) is 1. The van der Waals surface area contributed by atoms with Gasteiger partial charge in [-0.25, -0.2) is 0 Å². The quantitative estimate of drug-likeness (QED) is 0.931. The third-order valence-corrected chi connectivity index (χ3v) is 4.35. The molecular weight excluding hydrogens is 246 g/mol. The van der Waals surface area contributed by atoms with Gasteiger partial charge in [0, 0.05) is 24.7 Å². The second-order valence-electron chi connectivity index (χ2n) is 5.87. The zero-order valence-electron chi connectivity index (χ0n) is 12.2. The highest BCUT2D eigenvalue weighted by molar-refractivity contribution is 5.79. The van der Waals surface area contributed by atoms with Crippen LogP contribution in [-0.4, -0.2) is 36.1 Å². The van der Waals surface area contributed by atoms with Crippen LogP contribution in [0.2, 0.25) is 0 Å². The Morgan fingerprint density at radius 2 is 2.05 bits per heavy atom. The Morgan fingerprint density at radius 3 is 2.80 bits per heavy atom. The number of hydrogen-bond acceptors (Lipinski definition) is 3. The maximum absolute atomic E-state index is 5.63. The highest BCUT2D eigenvalue weighted by Crippen LogP contribution is 2.29. The lowest BCUT2D eigenvalue weighted by Gasteiger charge is -2.31. The molecule has 3 rings (SSSR count). The maximum Gasteiger partial charge on any atom is 0.0702 e. The van der Waals surface area contributed by atoms with Gasteiger partial charge < -0.3 is 10.6 Å². The summed E-state index contributed by atoms with van der Waals surface area (Å²) in [6.45, 7) is 6.25. The minimum Gasteiger partial charge on any atom is -0.329 e. The number of pyridine rings is 1. The smallest absolute Gasteiger partial charge is 0.0702 e. The van der Waals surface area contributed by atoms with E-state index in [1.165, 1.54) is 42.4 Å². The standard InChI is InChI=1S/C17H23N3/c1-13-10-16-11-15(2-3-17(16)19-12-13)14-4-7-20(8-5-14)9-6-18/h2-3,10-12,14H,4-9,18H2,1H3. The van der Waals surface area contributed by atoms with Crippen LogP contribution in [0.15, 0.2) is 30.5 Å². The molecular formula is C17H23N3. The summed E-state index contributed by atoms with van der Waals surface area (Å²) < 4.78 is 0. The molecule has 3 nitrogen and oxygen atoms in total. The van der Waals surface area contributed by atoms with E-state index in [-0.39, 0.29) is 0 Å². The van der Waals surface area contributed by atoms with Crippen LogP contribution >= 0.6 is 0 Å². The number of likely N-dealkylation sites (tertiary alicyclic amines) is 1. The maximum atomic E-state index is 5.63. The predicted octanol–water partition coefficient (Wildman–Crippen LogP) is 2.68. The van der Waals surface area contributed by atoms with Gasteiger partial charge in [-0.1, -0.05) is 6.07 Å². The van der Waals surface area contributed by atoms with Crippen LogP contribution in [0, 0.1) is 6.92 Å². The van der Waals surface area contributed by atoms with Crippen molar-refractivity contribution in [1.82, 2.24) is 9.88 Å². The SMILES string of the molecule is Cc1cnc2ccc(C3CCN(CCN)CC3)cc2c1. The highest BCUT2D eigenvalue weighted by atomic mass is 15.1. The highest BCUT2D eigenvalue weighted by Gasteiger charge is 2.20. The van der Waals surface area contributed by atoms with E-state index >= 15 is 0 Å². The summed E-state index contributed by atoms with van der Waals surface area (Å²) >= 11 is 0. The third-order valence-electron chi connectivity index (χ3n) is 4.35. The van der Waals surface area contributed by atoms with Crippen molar-refractivity contribution in [1.29, 1.82) is 0 Å². The molecule has 106 valence electrons. The van der Waals surface area contributed by atoms with Gasteiger partial charge in [0.25, 0.3) is 0 Å². The molecule has 0 spiro atoms. The number of aryl methyl sites for hydroxylation is 1. The summed E-state index contributed by atoms with van der Waals surface area (Å²) in [6, 6.07) is 8.98. The molecule has 0 aliphatic carbocycles. The monoisotopic (exact) mass is 269 g/mol. The number of piperidine rings is 1. The fourth-order valence-corrected chi connectivity index (χ4v) is 3.19. The molecule has 3 heteroatoms. The van der Waals surface area contributed by atoms with E-state index < -0.39 is 0 Å². The number of nitrogens with zero attached hydrogens (tertiary/aromatic N) is 2. The molecule has 0 amide bonds. The molecule has 1 fully saturated rings. The molecule has 0 atom stereocenters. The molecule has 2 aromatic rings. The fraction of sp³-hybridized carbons (Fsp3) is 0.471. The number of hydrogen-bond donors (Lipinski definition) is 1. The molecule has 0 radical (unpaired) electrons. The van der Waals surface area contributed by atoms with Crippen LogP contribution in [0.5, 0.6) is 0 Å². The predicted molar refractivity (Wildman–Crippen MR) is 83.9 cm³/mol. The molecule has 0 unspecified atom stereocenters.